The molecule has 0 aliphatic heterocycles. The first kappa shape index (κ1) is 16.1. The Kier molecular flexibility index (Phi) is 4.30. The normalized spacial score (nSPS) is 11.4. The van der Waals surface area contributed by atoms with E-state index in [2.05, 4.69) is 10.1 Å². The highest BCUT2D eigenvalue weighted by molar-refractivity contribution is 7.92. The Morgan fingerprint density at radius 2 is 1.92 bits per heavy atom. The molecule has 2 aromatic heterocycles. The molecular formula is C16H15FN4O2S. The van der Waals surface area contributed by atoms with Crippen LogP contribution in [0.2, 0.25) is 0 Å². The molecule has 0 amide bonds. The summed E-state index contributed by atoms with van der Waals surface area (Å²) >= 11 is 0. The van der Waals surface area contributed by atoms with Crippen molar-refractivity contribution in [1.82, 2.24) is 14.8 Å². The summed E-state index contributed by atoms with van der Waals surface area (Å²) in [5.74, 6) is -0.346. The zero-order valence-corrected chi connectivity index (χ0v) is 13.7. The Balaban J connectivity index is 1.84. The molecule has 0 unspecified atom stereocenters. The molecule has 0 N–H and O–H groups in total. The van der Waals surface area contributed by atoms with Gasteiger partial charge >= 0.3 is 0 Å². The second-order valence-corrected chi connectivity index (χ2v) is 7.13. The molecule has 8 heteroatoms. The van der Waals surface area contributed by atoms with Crippen molar-refractivity contribution in [1.29, 1.82) is 0 Å². The molecule has 0 aliphatic carbocycles. The molecule has 1 aromatic carbocycles. The Morgan fingerprint density at radius 1 is 1.17 bits per heavy atom. The SMILES string of the molecule is CN(c1ccn(Cc2ccncc2)n1)S(=O)(=O)c1cccc(F)c1. The number of benzene rings is 1. The maximum absolute atomic E-state index is 13.3. The summed E-state index contributed by atoms with van der Waals surface area (Å²) in [4.78, 5) is 3.83. The van der Waals surface area contributed by atoms with E-state index in [0.717, 1.165) is 15.9 Å². The predicted molar refractivity (Wildman–Crippen MR) is 87.6 cm³/mol. The molecule has 0 fully saturated rings. The molecule has 2 heterocycles. The third kappa shape index (κ3) is 3.28. The van der Waals surface area contributed by atoms with Crippen LogP contribution in [0.1, 0.15) is 5.56 Å². The molecule has 124 valence electrons. The monoisotopic (exact) mass is 346 g/mol. The van der Waals surface area contributed by atoms with E-state index in [1.807, 2.05) is 12.1 Å². The van der Waals surface area contributed by atoms with E-state index >= 15 is 0 Å². The fourth-order valence-corrected chi connectivity index (χ4v) is 3.36. The Morgan fingerprint density at radius 3 is 2.62 bits per heavy atom. The molecule has 0 saturated carbocycles. The van der Waals surface area contributed by atoms with Gasteiger partial charge in [0.1, 0.15) is 5.82 Å². The molecule has 24 heavy (non-hydrogen) atoms. The van der Waals surface area contributed by atoms with Gasteiger partial charge in [0.25, 0.3) is 10.0 Å². The number of nitrogens with zero attached hydrogens (tertiary/aromatic N) is 4. The molecule has 0 aliphatic rings. The summed E-state index contributed by atoms with van der Waals surface area (Å²) in [5, 5.41) is 4.27. The average Bonchev–Trinajstić information content (AvgIpc) is 3.03. The smallest absolute Gasteiger partial charge is 0.265 e. The van der Waals surface area contributed by atoms with Crippen molar-refractivity contribution in [2.24, 2.45) is 0 Å². The highest BCUT2D eigenvalue weighted by Gasteiger charge is 2.23. The van der Waals surface area contributed by atoms with Crippen LogP contribution >= 0.6 is 0 Å². The second kappa shape index (κ2) is 6.40. The molecule has 0 atom stereocenters. The van der Waals surface area contributed by atoms with Gasteiger partial charge in [0.05, 0.1) is 11.4 Å². The molecule has 3 rings (SSSR count). The first-order valence-electron chi connectivity index (χ1n) is 7.14. The van der Waals surface area contributed by atoms with Gasteiger partial charge in [-0.3, -0.25) is 14.0 Å². The van der Waals surface area contributed by atoms with Gasteiger partial charge in [-0.1, -0.05) is 6.07 Å². The quantitative estimate of drug-likeness (QED) is 0.711. The van der Waals surface area contributed by atoms with E-state index in [0.29, 0.717) is 6.54 Å². The fourth-order valence-electron chi connectivity index (χ4n) is 2.19. The van der Waals surface area contributed by atoms with Crippen LogP contribution < -0.4 is 4.31 Å². The van der Waals surface area contributed by atoms with Gasteiger partial charge in [-0.15, -0.1) is 0 Å². The molecular weight excluding hydrogens is 331 g/mol. The number of aromatic nitrogens is 3. The third-order valence-corrected chi connectivity index (χ3v) is 5.26. The first-order chi connectivity index (χ1) is 11.5. The van der Waals surface area contributed by atoms with Gasteiger partial charge in [-0.2, -0.15) is 5.10 Å². The zero-order chi connectivity index (χ0) is 17.2. The Bertz CT molecular complexity index is 941. The predicted octanol–water partition coefficient (Wildman–Crippen LogP) is 2.29. The minimum atomic E-state index is -3.87. The number of rotatable bonds is 5. The van der Waals surface area contributed by atoms with Crippen LogP contribution in [0.15, 0.2) is 66.0 Å². The summed E-state index contributed by atoms with van der Waals surface area (Å²) in [5.41, 5.74) is 0.996. The van der Waals surface area contributed by atoms with E-state index in [1.54, 1.807) is 29.3 Å². The van der Waals surface area contributed by atoms with Gasteiger partial charge < -0.3 is 0 Å². The van der Waals surface area contributed by atoms with E-state index in [4.69, 9.17) is 0 Å². The number of sulfonamides is 1. The second-order valence-electron chi connectivity index (χ2n) is 5.16. The molecule has 6 nitrogen and oxygen atoms in total. The number of hydrogen-bond donors (Lipinski definition) is 0. The number of hydrogen-bond acceptors (Lipinski definition) is 4. The lowest BCUT2D eigenvalue weighted by Crippen LogP contribution is -2.27. The highest BCUT2D eigenvalue weighted by Crippen LogP contribution is 2.21. The van der Waals surface area contributed by atoms with Gasteiger partial charge in [-0.05, 0) is 35.9 Å². The van der Waals surface area contributed by atoms with Crippen molar-refractivity contribution >= 4 is 15.8 Å². The topological polar surface area (TPSA) is 68.1 Å². The van der Waals surface area contributed by atoms with Crippen molar-refractivity contribution in [2.45, 2.75) is 11.4 Å². The van der Waals surface area contributed by atoms with E-state index < -0.39 is 15.8 Å². The molecule has 3 aromatic rings. The van der Waals surface area contributed by atoms with Crippen LogP contribution in [0.3, 0.4) is 0 Å². The van der Waals surface area contributed by atoms with Crippen LogP contribution in [0.4, 0.5) is 10.2 Å². The summed E-state index contributed by atoms with van der Waals surface area (Å²) < 4.78 is 41.1. The lowest BCUT2D eigenvalue weighted by atomic mass is 10.3. The molecule has 0 bridgehead atoms. The van der Waals surface area contributed by atoms with Gasteiger partial charge in [-0.25, -0.2) is 12.8 Å². The maximum atomic E-state index is 13.3. The Hall–Kier alpha value is -2.74. The summed E-state index contributed by atoms with van der Waals surface area (Å²) in [7, 11) is -2.48. The third-order valence-electron chi connectivity index (χ3n) is 3.50. The van der Waals surface area contributed by atoms with Crippen molar-refractivity contribution in [3.05, 3.63) is 72.4 Å². The largest absolute Gasteiger partial charge is 0.266 e. The highest BCUT2D eigenvalue weighted by atomic mass is 32.2. The maximum Gasteiger partial charge on any atom is 0.265 e. The zero-order valence-electron chi connectivity index (χ0n) is 12.9. The van der Waals surface area contributed by atoms with Crippen molar-refractivity contribution in [3.8, 4) is 0 Å². The lowest BCUT2D eigenvalue weighted by Gasteiger charge is -2.16. The van der Waals surface area contributed by atoms with Crippen LogP contribution in [-0.4, -0.2) is 30.2 Å². The molecule has 0 radical (unpaired) electrons. The number of anilines is 1. The van der Waals surface area contributed by atoms with Crippen LogP contribution in [0.25, 0.3) is 0 Å². The van der Waals surface area contributed by atoms with Gasteiger partial charge in [0.15, 0.2) is 5.82 Å². The number of pyridine rings is 1. The van der Waals surface area contributed by atoms with E-state index in [9.17, 15) is 12.8 Å². The van der Waals surface area contributed by atoms with Crippen molar-refractivity contribution < 1.29 is 12.8 Å². The Labute approximate surface area is 139 Å². The van der Waals surface area contributed by atoms with Crippen LogP contribution in [-0.2, 0) is 16.6 Å². The van der Waals surface area contributed by atoms with Crippen molar-refractivity contribution in [3.63, 3.8) is 0 Å². The molecule has 0 saturated heterocycles. The minimum Gasteiger partial charge on any atom is -0.266 e. The van der Waals surface area contributed by atoms with E-state index in [1.165, 1.54) is 25.2 Å². The summed E-state index contributed by atoms with van der Waals surface area (Å²) in [6, 6.07) is 10.2. The number of halogens is 1. The standard InChI is InChI=1S/C16H15FN4O2S/c1-20(24(22,23)15-4-2-3-14(17)11-15)16-7-10-21(19-16)12-13-5-8-18-9-6-13/h2-11H,12H2,1H3. The molecule has 0 spiro atoms. The van der Waals surface area contributed by atoms with Crippen LogP contribution in [0, 0.1) is 5.82 Å². The minimum absolute atomic E-state index is 0.117. The van der Waals surface area contributed by atoms with Gasteiger partial charge in [0, 0.05) is 31.7 Å². The van der Waals surface area contributed by atoms with Crippen LogP contribution in [0.5, 0.6) is 0 Å². The fraction of sp³-hybridized carbons (Fsp3) is 0.125. The summed E-state index contributed by atoms with van der Waals surface area (Å²) in [6.07, 6.45) is 5.05. The summed E-state index contributed by atoms with van der Waals surface area (Å²) in [6.45, 7) is 0.496. The average molecular weight is 346 g/mol. The van der Waals surface area contributed by atoms with E-state index in [-0.39, 0.29) is 10.7 Å². The van der Waals surface area contributed by atoms with Crippen molar-refractivity contribution in [2.75, 3.05) is 11.4 Å². The first-order valence-corrected chi connectivity index (χ1v) is 8.58. The van der Waals surface area contributed by atoms with Gasteiger partial charge in [0.2, 0.25) is 0 Å². The lowest BCUT2D eigenvalue weighted by molar-refractivity contribution is 0.588.